The lowest BCUT2D eigenvalue weighted by molar-refractivity contribution is -0.131. The van der Waals surface area contributed by atoms with Crippen LogP contribution in [0, 0.1) is 0 Å². The zero-order valence-corrected chi connectivity index (χ0v) is 12.8. The number of rotatable bonds is 4. The summed E-state index contributed by atoms with van der Waals surface area (Å²) in [5.41, 5.74) is 4.47. The van der Waals surface area contributed by atoms with Crippen molar-refractivity contribution < 1.29 is 9.53 Å². The van der Waals surface area contributed by atoms with Gasteiger partial charge in [0, 0.05) is 12.6 Å². The summed E-state index contributed by atoms with van der Waals surface area (Å²) in [5, 5.41) is 7.45. The van der Waals surface area contributed by atoms with Crippen LogP contribution in [0.4, 0.5) is 5.69 Å². The van der Waals surface area contributed by atoms with Crippen LogP contribution in [-0.2, 0) is 4.79 Å². The second-order valence-corrected chi connectivity index (χ2v) is 4.76. The van der Waals surface area contributed by atoms with E-state index in [1.165, 1.54) is 6.92 Å². The van der Waals surface area contributed by atoms with E-state index in [1.54, 1.807) is 30.5 Å². The van der Waals surface area contributed by atoms with Crippen molar-refractivity contribution in [3.63, 3.8) is 0 Å². The number of hydrogen-bond donors (Lipinski definition) is 2. The van der Waals surface area contributed by atoms with Crippen LogP contribution in [0.25, 0.3) is 0 Å². The first-order chi connectivity index (χ1) is 10.6. The molecule has 0 unspecified atom stereocenters. The third-order valence-electron chi connectivity index (χ3n) is 2.55. The molecule has 0 saturated heterocycles. The molecule has 0 heterocycles. The van der Waals surface area contributed by atoms with Gasteiger partial charge in [-0.1, -0.05) is 18.2 Å². The Bertz CT molecular complexity index is 670. The lowest BCUT2D eigenvalue weighted by Gasteiger charge is -2.06. The fourth-order valence-electron chi connectivity index (χ4n) is 1.63. The standard InChI is InChI=1S/C16H15N3O2S/c1-12(20)21-15-9-7-13(8-10-15)11-17-19-16(22)18-14-5-3-2-4-6-14/h2-11H,1H3,(H2,18,19,22)/b17-11-. The molecule has 2 aromatic carbocycles. The predicted molar refractivity (Wildman–Crippen MR) is 91.1 cm³/mol. The van der Waals surface area contributed by atoms with E-state index in [0.29, 0.717) is 10.9 Å². The molecule has 0 atom stereocenters. The Labute approximate surface area is 134 Å². The SMILES string of the molecule is CC(=O)Oc1ccc(/C=N\NC(=S)Nc2ccccc2)cc1. The van der Waals surface area contributed by atoms with Gasteiger partial charge in [-0.25, -0.2) is 0 Å². The Hall–Kier alpha value is -2.73. The number of carbonyl (C=O) groups excluding carboxylic acids is 1. The van der Waals surface area contributed by atoms with Gasteiger partial charge in [0.2, 0.25) is 0 Å². The van der Waals surface area contributed by atoms with Crippen molar-refractivity contribution in [3.8, 4) is 5.75 Å². The zero-order chi connectivity index (χ0) is 15.8. The first-order valence-corrected chi connectivity index (χ1v) is 6.98. The molecule has 2 rings (SSSR count). The summed E-state index contributed by atoms with van der Waals surface area (Å²) in [6.07, 6.45) is 1.62. The van der Waals surface area contributed by atoms with Gasteiger partial charge >= 0.3 is 5.97 Å². The Balaban J connectivity index is 1.84. The number of nitrogens with zero attached hydrogens (tertiary/aromatic N) is 1. The third-order valence-corrected chi connectivity index (χ3v) is 2.75. The lowest BCUT2D eigenvalue weighted by atomic mass is 10.2. The molecule has 0 fully saturated rings. The summed E-state index contributed by atoms with van der Waals surface area (Å²) in [6.45, 7) is 1.36. The molecule has 2 aromatic rings. The van der Waals surface area contributed by atoms with Gasteiger partial charge in [-0.2, -0.15) is 5.10 Å². The molecule has 0 radical (unpaired) electrons. The van der Waals surface area contributed by atoms with Crippen molar-refractivity contribution in [2.75, 3.05) is 5.32 Å². The van der Waals surface area contributed by atoms with Crippen molar-refractivity contribution >= 4 is 35.2 Å². The number of hydrogen-bond acceptors (Lipinski definition) is 4. The highest BCUT2D eigenvalue weighted by atomic mass is 32.1. The Morgan fingerprint density at radius 1 is 1.14 bits per heavy atom. The summed E-state index contributed by atoms with van der Waals surface area (Å²) in [7, 11) is 0. The number of thiocarbonyl (C=S) groups is 1. The van der Waals surface area contributed by atoms with Gasteiger partial charge in [0.05, 0.1) is 6.21 Å². The number of para-hydroxylation sites is 1. The number of benzene rings is 2. The highest BCUT2D eigenvalue weighted by Gasteiger charge is 1.97. The molecule has 22 heavy (non-hydrogen) atoms. The van der Waals surface area contributed by atoms with Crippen LogP contribution in [0.1, 0.15) is 12.5 Å². The van der Waals surface area contributed by atoms with Crippen LogP contribution in [-0.4, -0.2) is 17.3 Å². The molecule has 0 spiro atoms. The maximum absolute atomic E-state index is 10.8. The average Bonchev–Trinajstić information content (AvgIpc) is 2.49. The number of hydrazone groups is 1. The minimum Gasteiger partial charge on any atom is -0.427 e. The predicted octanol–water partition coefficient (Wildman–Crippen LogP) is 2.93. The highest BCUT2D eigenvalue weighted by Crippen LogP contribution is 2.11. The smallest absolute Gasteiger partial charge is 0.308 e. The maximum Gasteiger partial charge on any atom is 0.308 e. The summed E-state index contributed by atoms with van der Waals surface area (Å²) in [4.78, 5) is 10.8. The van der Waals surface area contributed by atoms with Gasteiger partial charge in [-0.15, -0.1) is 0 Å². The van der Waals surface area contributed by atoms with E-state index in [2.05, 4.69) is 15.8 Å². The number of esters is 1. The van der Waals surface area contributed by atoms with E-state index >= 15 is 0 Å². The molecule has 0 aromatic heterocycles. The fraction of sp³-hybridized carbons (Fsp3) is 0.0625. The minimum atomic E-state index is -0.347. The third kappa shape index (κ3) is 5.34. The van der Waals surface area contributed by atoms with Crippen molar-refractivity contribution in [2.24, 2.45) is 5.10 Å². The monoisotopic (exact) mass is 313 g/mol. The van der Waals surface area contributed by atoms with Crippen molar-refractivity contribution in [2.45, 2.75) is 6.92 Å². The molecule has 0 bridgehead atoms. The number of carbonyl (C=O) groups is 1. The molecule has 0 saturated carbocycles. The van der Waals surface area contributed by atoms with Gasteiger partial charge in [-0.3, -0.25) is 10.2 Å². The van der Waals surface area contributed by atoms with E-state index in [1.807, 2.05) is 30.3 Å². The second kappa shape index (κ2) is 7.90. The van der Waals surface area contributed by atoms with Crippen LogP contribution < -0.4 is 15.5 Å². The van der Waals surface area contributed by atoms with Crippen LogP contribution in [0.15, 0.2) is 59.7 Å². The number of ether oxygens (including phenoxy) is 1. The number of anilines is 1. The van der Waals surface area contributed by atoms with E-state index in [0.717, 1.165) is 11.3 Å². The van der Waals surface area contributed by atoms with Gasteiger partial charge in [-0.05, 0) is 54.2 Å². The fourth-order valence-corrected chi connectivity index (χ4v) is 1.80. The van der Waals surface area contributed by atoms with E-state index < -0.39 is 0 Å². The minimum absolute atomic E-state index is 0.347. The molecular weight excluding hydrogens is 298 g/mol. The van der Waals surface area contributed by atoms with Crippen molar-refractivity contribution in [3.05, 3.63) is 60.2 Å². The summed E-state index contributed by atoms with van der Waals surface area (Å²) >= 11 is 5.13. The van der Waals surface area contributed by atoms with Crippen molar-refractivity contribution in [1.82, 2.24) is 5.43 Å². The van der Waals surface area contributed by atoms with Crippen LogP contribution in [0.5, 0.6) is 5.75 Å². The molecule has 0 amide bonds. The van der Waals surface area contributed by atoms with E-state index in [4.69, 9.17) is 17.0 Å². The molecule has 5 nitrogen and oxygen atoms in total. The topological polar surface area (TPSA) is 62.7 Å². The molecule has 0 aliphatic heterocycles. The normalized spacial score (nSPS) is 10.2. The molecule has 0 aliphatic carbocycles. The summed E-state index contributed by atoms with van der Waals surface area (Å²) < 4.78 is 4.95. The summed E-state index contributed by atoms with van der Waals surface area (Å²) in [6, 6.07) is 16.6. The highest BCUT2D eigenvalue weighted by molar-refractivity contribution is 7.80. The number of nitrogens with one attached hydrogen (secondary N) is 2. The molecular formula is C16H15N3O2S. The second-order valence-electron chi connectivity index (χ2n) is 4.35. The van der Waals surface area contributed by atoms with Gasteiger partial charge < -0.3 is 10.1 Å². The first-order valence-electron chi connectivity index (χ1n) is 6.57. The lowest BCUT2D eigenvalue weighted by Crippen LogP contribution is -2.23. The molecule has 2 N–H and O–H groups in total. The zero-order valence-electron chi connectivity index (χ0n) is 11.9. The van der Waals surface area contributed by atoms with Crippen molar-refractivity contribution in [1.29, 1.82) is 0 Å². The molecule has 6 heteroatoms. The largest absolute Gasteiger partial charge is 0.427 e. The quantitative estimate of drug-likeness (QED) is 0.299. The van der Waals surface area contributed by atoms with Gasteiger partial charge in [0.15, 0.2) is 5.11 Å². The first kappa shape index (κ1) is 15.7. The van der Waals surface area contributed by atoms with Crippen LogP contribution in [0.3, 0.4) is 0 Å². The van der Waals surface area contributed by atoms with Crippen LogP contribution >= 0.6 is 12.2 Å². The van der Waals surface area contributed by atoms with E-state index in [9.17, 15) is 4.79 Å². The average molecular weight is 313 g/mol. The van der Waals surface area contributed by atoms with E-state index in [-0.39, 0.29) is 5.97 Å². The maximum atomic E-state index is 10.8. The molecule has 0 aliphatic rings. The van der Waals surface area contributed by atoms with Gasteiger partial charge in [0.25, 0.3) is 0 Å². The van der Waals surface area contributed by atoms with Crippen LogP contribution in [0.2, 0.25) is 0 Å². The Morgan fingerprint density at radius 3 is 2.45 bits per heavy atom. The molecule has 112 valence electrons. The van der Waals surface area contributed by atoms with Gasteiger partial charge in [0.1, 0.15) is 5.75 Å². The Morgan fingerprint density at radius 2 is 1.82 bits per heavy atom. The Kier molecular flexibility index (Phi) is 5.62. The summed E-state index contributed by atoms with van der Waals surface area (Å²) in [5.74, 6) is 0.152.